The van der Waals surface area contributed by atoms with Gasteiger partial charge in [-0.1, -0.05) is 36.7 Å². The average molecular weight is 245 g/mol. The summed E-state index contributed by atoms with van der Waals surface area (Å²) in [4.78, 5) is 23.5. The van der Waals surface area contributed by atoms with Gasteiger partial charge in [0.15, 0.2) is 0 Å². The third-order valence-electron chi connectivity index (χ3n) is 4.17. The lowest BCUT2D eigenvalue weighted by atomic mass is 9.70. The molecule has 3 atom stereocenters. The van der Waals surface area contributed by atoms with Crippen molar-refractivity contribution < 1.29 is 9.59 Å². The summed E-state index contributed by atoms with van der Waals surface area (Å²) < 4.78 is 0. The van der Waals surface area contributed by atoms with Gasteiger partial charge in [0.2, 0.25) is 11.6 Å². The van der Waals surface area contributed by atoms with Crippen molar-refractivity contribution in [3.63, 3.8) is 0 Å². The van der Waals surface area contributed by atoms with E-state index in [0.29, 0.717) is 0 Å². The second-order valence-electron chi connectivity index (χ2n) is 4.94. The Morgan fingerprint density at radius 3 is 2.15 bits per heavy atom. The van der Waals surface area contributed by atoms with Crippen LogP contribution in [0.25, 0.3) is 0 Å². The van der Waals surface area contributed by atoms with Crippen LogP contribution in [0.4, 0.5) is 0 Å². The molecule has 0 radical (unpaired) electrons. The zero-order valence-electron chi connectivity index (χ0n) is 8.06. The summed E-state index contributed by atoms with van der Waals surface area (Å²) in [6, 6.07) is 0. The monoisotopic (exact) mass is 244 g/mol. The van der Waals surface area contributed by atoms with Crippen LogP contribution in [0.5, 0.6) is 0 Å². The molecule has 0 aromatic rings. The summed E-state index contributed by atoms with van der Waals surface area (Å²) >= 11 is 3.50. The van der Waals surface area contributed by atoms with E-state index >= 15 is 0 Å². The van der Waals surface area contributed by atoms with Crippen LogP contribution in [-0.4, -0.2) is 16.4 Å². The Balaban J connectivity index is 2.59. The van der Waals surface area contributed by atoms with E-state index in [1.54, 1.807) is 0 Å². The van der Waals surface area contributed by atoms with E-state index in [9.17, 15) is 9.59 Å². The van der Waals surface area contributed by atoms with E-state index in [1.807, 2.05) is 20.8 Å². The van der Waals surface area contributed by atoms with Crippen LogP contribution < -0.4 is 0 Å². The van der Waals surface area contributed by atoms with Crippen LogP contribution in [0.1, 0.15) is 27.2 Å². The zero-order chi connectivity index (χ0) is 10.0. The van der Waals surface area contributed by atoms with Gasteiger partial charge in [0, 0.05) is 16.2 Å². The Morgan fingerprint density at radius 1 is 1.31 bits per heavy atom. The molecule has 0 aliphatic heterocycles. The fourth-order valence-corrected chi connectivity index (χ4v) is 4.41. The van der Waals surface area contributed by atoms with E-state index in [1.165, 1.54) is 0 Å². The molecule has 2 fully saturated rings. The first-order valence-electron chi connectivity index (χ1n) is 4.55. The lowest BCUT2D eigenvalue weighted by Crippen LogP contribution is -2.35. The predicted octanol–water partition coefficient (Wildman–Crippen LogP) is 1.95. The molecule has 2 bridgehead atoms. The summed E-state index contributed by atoms with van der Waals surface area (Å²) in [5.41, 5.74) is -0.599. The van der Waals surface area contributed by atoms with E-state index in [0.717, 1.165) is 6.42 Å². The number of carbonyl (C=O) groups excluding carboxylic acids is 2. The number of hydrogen-bond donors (Lipinski definition) is 0. The molecule has 0 aromatic heterocycles. The Kier molecular flexibility index (Phi) is 1.62. The van der Waals surface area contributed by atoms with Gasteiger partial charge in [0.1, 0.15) is 0 Å². The lowest BCUT2D eigenvalue weighted by molar-refractivity contribution is -0.141. The molecular formula is C10H13BrO2. The van der Waals surface area contributed by atoms with Crippen molar-refractivity contribution in [1.29, 1.82) is 0 Å². The van der Waals surface area contributed by atoms with E-state index in [-0.39, 0.29) is 27.7 Å². The number of alkyl halides is 1. The molecule has 2 aliphatic rings. The first-order valence-corrected chi connectivity index (χ1v) is 5.46. The van der Waals surface area contributed by atoms with Gasteiger partial charge in [-0.25, -0.2) is 0 Å². The molecular weight excluding hydrogens is 232 g/mol. The van der Waals surface area contributed by atoms with Crippen molar-refractivity contribution >= 4 is 27.5 Å². The molecule has 0 aromatic carbocycles. The molecule has 2 saturated carbocycles. The molecule has 2 nitrogen and oxygen atoms in total. The lowest BCUT2D eigenvalue weighted by Gasteiger charge is -2.30. The van der Waals surface area contributed by atoms with Crippen LogP contribution in [0, 0.1) is 16.7 Å². The number of halogens is 1. The minimum atomic E-state index is -0.428. The average Bonchev–Trinajstić information content (AvgIpc) is 2.22. The van der Waals surface area contributed by atoms with Gasteiger partial charge in [-0.05, 0) is 11.8 Å². The Labute approximate surface area is 86.2 Å². The Morgan fingerprint density at radius 2 is 1.85 bits per heavy atom. The number of Topliss-reactive ketones (excluding diaryl/α,β-unsaturated/α-hetero) is 2. The third kappa shape index (κ3) is 0.797. The first kappa shape index (κ1) is 9.38. The largest absolute Gasteiger partial charge is 0.290 e. The number of ketones is 2. The van der Waals surface area contributed by atoms with Crippen LogP contribution >= 0.6 is 15.9 Å². The number of hydrogen-bond acceptors (Lipinski definition) is 2. The van der Waals surface area contributed by atoms with Gasteiger partial charge in [-0.15, -0.1) is 0 Å². The van der Waals surface area contributed by atoms with Crippen molar-refractivity contribution in [2.45, 2.75) is 32.0 Å². The molecule has 0 spiro atoms. The highest BCUT2D eigenvalue weighted by Gasteiger charge is 2.69. The van der Waals surface area contributed by atoms with E-state index < -0.39 is 5.41 Å². The highest BCUT2D eigenvalue weighted by Crippen LogP contribution is 2.63. The van der Waals surface area contributed by atoms with Crippen molar-refractivity contribution in [3.05, 3.63) is 0 Å². The normalized spacial score (nSPS) is 47.4. The van der Waals surface area contributed by atoms with Crippen molar-refractivity contribution in [1.82, 2.24) is 0 Å². The van der Waals surface area contributed by atoms with Gasteiger partial charge in [-0.3, -0.25) is 9.59 Å². The molecule has 3 heteroatoms. The number of rotatable bonds is 0. The van der Waals surface area contributed by atoms with Crippen molar-refractivity contribution in [2.24, 2.45) is 16.7 Å². The Hall–Kier alpha value is -0.180. The highest BCUT2D eigenvalue weighted by atomic mass is 79.9. The maximum absolute atomic E-state index is 11.7. The highest BCUT2D eigenvalue weighted by molar-refractivity contribution is 9.09. The van der Waals surface area contributed by atoms with Gasteiger partial charge >= 0.3 is 0 Å². The maximum atomic E-state index is 11.7. The molecule has 2 rings (SSSR count). The second-order valence-corrected chi connectivity index (χ2v) is 6.12. The van der Waals surface area contributed by atoms with Crippen LogP contribution in [0.3, 0.4) is 0 Å². The molecule has 0 unspecified atom stereocenters. The molecule has 13 heavy (non-hydrogen) atoms. The van der Waals surface area contributed by atoms with Gasteiger partial charge in [0.25, 0.3) is 0 Å². The third-order valence-corrected chi connectivity index (χ3v) is 5.02. The smallest absolute Gasteiger partial charge is 0.205 e. The summed E-state index contributed by atoms with van der Waals surface area (Å²) in [5.74, 6) is -0.427. The molecule has 72 valence electrons. The predicted molar refractivity (Wildman–Crippen MR) is 52.7 cm³/mol. The fourth-order valence-electron chi connectivity index (χ4n) is 2.86. The maximum Gasteiger partial charge on any atom is 0.205 e. The van der Waals surface area contributed by atoms with E-state index in [4.69, 9.17) is 0 Å². The van der Waals surface area contributed by atoms with Crippen molar-refractivity contribution in [3.8, 4) is 0 Å². The SMILES string of the molecule is CC1(C)[C@@H]2C(=O)C(=O)[C@@]1(C)C[C@@H]2Br. The molecule has 0 heterocycles. The quantitative estimate of drug-likeness (QED) is 0.483. The van der Waals surface area contributed by atoms with Gasteiger partial charge in [-0.2, -0.15) is 0 Å². The second kappa shape index (κ2) is 2.25. The van der Waals surface area contributed by atoms with Crippen LogP contribution in [0.2, 0.25) is 0 Å². The number of fused-ring (bicyclic) bond motifs is 2. The topological polar surface area (TPSA) is 34.1 Å². The number of carbonyl (C=O) groups is 2. The van der Waals surface area contributed by atoms with Gasteiger partial charge < -0.3 is 0 Å². The Bertz CT molecular complexity index is 308. The van der Waals surface area contributed by atoms with Crippen molar-refractivity contribution in [2.75, 3.05) is 0 Å². The summed E-state index contributed by atoms with van der Waals surface area (Å²) in [6.07, 6.45) is 0.801. The summed E-state index contributed by atoms with van der Waals surface area (Å²) in [6.45, 7) is 5.98. The minimum Gasteiger partial charge on any atom is -0.290 e. The fraction of sp³-hybridized carbons (Fsp3) is 0.800. The van der Waals surface area contributed by atoms with Crippen LogP contribution in [0.15, 0.2) is 0 Å². The van der Waals surface area contributed by atoms with Gasteiger partial charge in [0.05, 0.1) is 0 Å². The molecule has 0 saturated heterocycles. The standard InChI is InChI=1S/C10H13BrO2/c1-9(2)6-5(11)4-10(9,3)8(13)7(6)12/h5-6H,4H2,1-3H3/t5-,6-,10+/m0/s1. The molecule has 0 N–H and O–H groups in total. The zero-order valence-corrected chi connectivity index (χ0v) is 9.64. The first-order chi connectivity index (χ1) is 5.82. The molecule has 2 aliphatic carbocycles. The summed E-state index contributed by atoms with van der Waals surface area (Å²) in [5, 5.41) is 0. The summed E-state index contributed by atoms with van der Waals surface area (Å²) in [7, 11) is 0. The molecule has 0 amide bonds. The van der Waals surface area contributed by atoms with Crippen LogP contribution in [-0.2, 0) is 9.59 Å². The van der Waals surface area contributed by atoms with E-state index in [2.05, 4.69) is 15.9 Å². The minimum absolute atomic E-state index is 0.106.